The maximum atomic E-state index is 11.8. The molecule has 1 aromatic rings. The summed E-state index contributed by atoms with van der Waals surface area (Å²) in [6.07, 6.45) is 0.781. The van der Waals surface area contributed by atoms with Gasteiger partial charge in [-0.3, -0.25) is 0 Å². The van der Waals surface area contributed by atoms with E-state index >= 15 is 0 Å². The highest BCUT2D eigenvalue weighted by Gasteiger charge is 2.19. The van der Waals surface area contributed by atoms with Gasteiger partial charge in [-0.25, -0.2) is 4.79 Å². The summed E-state index contributed by atoms with van der Waals surface area (Å²) in [5.74, 6) is 0.497. The fraction of sp³-hybridized carbons (Fsp3) is 0.417. The molecule has 0 amide bonds. The first-order valence-electron chi connectivity index (χ1n) is 5.12. The van der Waals surface area contributed by atoms with Gasteiger partial charge in [0.1, 0.15) is 17.1 Å². The third-order valence-electron chi connectivity index (χ3n) is 2.07. The molecule has 0 bridgehead atoms. The molecule has 0 saturated carbocycles. The number of carbonyl (C=O) groups excluding carboxylic acids is 1. The number of hydrogen-bond donors (Lipinski definition) is 0. The van der Waals surface area contributed by atoms with Gasteiger partial charge in [0.25, 0.3) is 0 Å². The van der Waals surface area contributed by atoms with E-state index in [9.17, 15) is 4.79 Å². The normalized spacial score (nSPS) is 9.69. The molecule has 4 nitrogen and oxygen atoms in total. The number of ether oxygens (including phenoxy) is 3. The Labute approximate surface area is 95.1 Å². The van der Waals surface area contributed by atoms with Gasteiger partial charge in [0, 0.05) is 0 Å². The van der Waals surface area contributed by atoms with Crippen molar-refractivity contribution in [2.45, 2.75) is 13.3 Å². The number of carbonyl (C=O) groups is 1. The first-order valence-corrected chi connectivity index (χ1v) is 5.12. The minimum atomic E-state index is -0.420. The Bertz CT molecular complexity index is 338. The van der Waals surface area contributed by atoms with Gasteiger partial charge in [0.15, 0.2) is 0 Å². The third-order valence-corrected chi connectivity index (χ3v) is 2.07. The summed E-state index contributed by atoms with van der Waals surface area (Å²) in [6.45, 7) is 2.33. The Morgan fingerprint density at radius 1 is 1.19 bits per heavy atom. The van der Waals surface area contributed by atoms with Crippen LogP contribution in [0.15, 0.2) is 18.2 Å². The largest absolute Gasteiger partial charge is 0.496 e. The molecule has 0 aliphatic carbocycles. The lowest BCUT2D eigenvalue weighted by Gasteiger charge is -2.11. The fourth-order valence-corrected chi connectivity index (χ4v) is 1.32. The van der Waals surface area contributed by atoms with Gasteiger partial charge in [0.2, 0.25) is 0 Å². The fourth-order valence-electron chi connectivity index (χ4n) is 1.32. The van der Waals surface area contributed by atoms with Crippen LogP contribution in [0, 0.1) is 0 Å². The molecule has 0 spiro atoms. The van der Waals surface area contributed by atoms with E-state index in [4.69, 9.17) is 14.2 Å². The van der Waals surface area contributed by atoms with Crippen molar-refractivity contribution in [1.29, 1.82) is 0 Å². The van der Waals surface area contributed by atoms with Gasteiger partial charge in [-0.1, -0.05) is 13.0 Å². The summed E-state index contributed by atoms with van der Waals surface area (Å²) >= 11 is 0. The van der Waals surface area contributed by atoms with E-state index in [0.717, 1.165) is 6.42 Å². The van der Waals surface area contributed by atoms with E-state index in [-0.39, 0.29) is 0 Å². The molecule has 0 fully saturated rings. The summed E-state index contributed by atoms with van der Waals surface area (Å²) in [5, 5.41) is 0. The highest BCUT2D eigenvalue weighted by Crippen LogP contribution is 2.28. The minimum Gasteiger partial charge on any atom is -0.496 e. The zero-order chi connectivity index (χ0) is 12.0. The second kappa shape index (κ2) is 6.00. The van der Waals surface area contributed by atoms with Gasteiger partial charge < -0.3 is 14.2 Å². The molecule has 4 heteroatoms. The minimum absolute atomic E-state index is 0.334. The molecule has 1 aromatic carbocycles. The highest BCUT2D eigenvalue weighted by molar-refractivity contribution is 5.95. The summed E-state index contributed by atoms with van der Waals surface area (Å²) in [7, 11) is 3.01. The predicted octanol–water partition coefficient (Wildman–Crippen LogP) is 2.27. The molecule has 0 atom stereocenters. The Balaban J connectivity index is 3.03. The van der Waals surface area contributed by atoms with Crippen molar-refractivity contribution in [2.75, 3.05) is 20.8 Å². The van der Waals surface area contributed by atoms with Crippen molar-refractivity contribution in [3.63, 3.8) is 0 Å². The lowest BCUT2D eigenvalue weighted by molar-refractivity contribution is 0.0497. The standard InChI is InChI=1S/C12H16O4/c1-4-8-16-12(13)11-9(14-2)6-5-7-10(11)15-3/h5-7H,4,8H2,1-3H3. The molecule has 0 unspecified atom stereocenters. The summed E-state index contributed by atoms with van der Waals surface area (Å²) in [4.78, 5) is 11.8. The average Bonchev–Trinajstić information content (AvgIpc) is 2.34. The Hall–Kier alpha value is -1.71. The van der Waals surface area contributed by atoms with E-state index in [1.54, 1.807) is 18.2 Å². The number of methoxy groups -OCH3 is 2. The van der Waals surface area contributed by atoms with Crippen LogP contribution in [0.25, 0.3) is 0 Å². The lowest BCUT2D eigenvalue weighted by atomic mass is 10.2. The smallest absolute Gasteiger partial charge is 0.345 e. The summed E-state index contributed by atoms with van der Waals surface area (Å²) < 4.78 is 15.3. The Morgan fingerprint density at radius 3 is 2.19 bits per heavy atom. The van der Waals surface area contributed by atoms with Crippen LogP contribution < -0.4 is 9.47 Å². The van der Waals surface area contributed by atoms with Crippen LogP contribution in [0.5, 0.6) is 11.5 Å². The third kappa shape index (κ3) is 2.66. The van der Waals surface area contributed by atoms with Crippen molar-refractivity contribution in [1.82, 2.24) is 0 Å². The first-order chi connectivity index (χ1) is 7.74. The van der Waals surface area contributed by atoms with Gasteiger partial charge in [0.05, 0.1) is 20.8 Å². The van der Waals surface area contributed by atoms with Gasteiger partial charge in [-0.2, -0.15) is 0 Å². The number of esters is 1. The molecule has 88 valence electrons. The van der Waals surface area contributed by atoms with Crippen LogP contribution in [0.2, 0.25) is 0 Å². The highest BCUT2D eigenvalue weighted by atomic mass is 16.5. The first kappa shape index (κ1) is 12.4. The van der Waals surface area contributed by atoms with Crippen LogP contribution in [0.1, 0.15) is 23.7 Å². The molecule has 0 radical (unpaired) electrons. The topological polar surface area (TPSA) is 44.8 Å². The maximum Gasteiger partial charge on any atom is 0.345 e. The van der Waals surface area contributed by atoms with Crippen LogP contribution >= 0.6 is 0 Å². The molecule has 0 aliphatic rings. The average molecular weight is 224 g/mol. The molecule has 0 saturated heterocycles. The zero-order valence-electron chi connectivity index (χ0n) is 9.78. The van der Waals surface area contributed by atoms with Crippen molar-refractivity contribution in [3.05, 3.63) is 23.8 Å². The summed E-state index contributed by atoms with van der Waals surface area (Å²) in [5.41, 5.74) is 0.334. The van der Waals surface area contributed by atoms with Gasteiger partial charge >= 0.3 is 5.97 Å². The quantitative estimate of drug-likeness (QED) is 0.720. The Kier molecular flexibility index (Phi) is 4.64. The monoisotopic (exact) mass is 224 g/mol. The Morgan fingerprint density at radius 2 is 1.75 bits per heavy atom. The zero-order valence-corrected chi connectivity index (χ0v) is 9.78. The van der Waals surface area contributed by atoms with Crippen molar-refractivity contribution in [2.24, 2.45) is 0 Å². The number of hydrogen-bond acceptors (Lipinski definition) is 4. The van der Waals surface area contributed by atoms with E-state index in [1.807, 2.05) is 6.92 Å². The molecule has 0 heterocycles. The van der Waals surface area contributed by atoms with E-state index in [2.05, 4.69) is 0 Å². The lowest BCUT2D eigenvalue weighted by Crippen LogP contribution is -2.09. The second-order valence-electron chi connectivity index (χ2n) is 3.17. The van der Waals surface area contributed by atoms with Gasteiger partial charge in [-0.15, -0.1) is 0 Å². The van der Waals surface area contributed by atoms with Crippen LogP contribution in [0.3, 0.4) is 0 Å². The van der Waals surface area contributed by atoms with E-state index < -0.39 is 5.97 Å². The van der Waals surface area contributed by atoms with Gasteiger partial charge in [-0.05, 0) is 18.6 Å². The van der Waals surface area contributed by atoms with Crippen molar-refractivity contribution >= 4 is 5.97 Å². The molecule has 0 aliphatic heterocycles. The second-order valence-corrected chi connectivity index (χ2v) is 3.17. The predicted molar refractivity (Wildman–Crippen MR) is 60.1 cm³/mol. The molecule has 1 rings (SSSR count). The summed E-state index contributed by atoms with van der Waals surface area (Å²) in [6, 6.07) is 5.16. The van der Waals surface area contributed by atoms with Crippen molar-refractivity contribution in [3.8, 4) is 11.5 Å². The molecule has 0 aromatic heterocycles. The number of benzene rings is 1. The SMILES string of the molecule is CCCOC(=O)c1c(OC)cccc1OC. The van der Waals surface area contributed by atoms with E-state index in [0.29, 0.717) is 23.7 Å². The maximum absolute atomic E-state index is 11.8. The molecular weight excluding hydrogens is 208 g/mol. The van der Waals surface area contributed by atoms with E-state index in [1.165, 1.54) is 14.2 Å². The molecular formula is C12H16O4. The van der Waals surface area contributed by atoms with Crippen LogP contribution in [-0.4, -0.2) is 26.8 Å². The van der Waals surface area contributed by atoms with Crippen LogP contribution in [0.4, 0.5) is 0 Å². The molecule has 16 heavy (non-hydrogen) atoms. The molecule has 0 N–H and O–H groups in total. The van der Waals surface area contributed by atoms with Crippen molar-refractivity contribution < 1.29 is 19.0 Å². The van der Waals surface area contributed by atoms with Crippen LogP contribution in [-0.2, 0) is 4.74 Å². The number of rotatable bonds is 5.